The SMILES string of the molecule is C=CCN(Cn1nnc2ccccc21)C(=O)C1N(CCCCO)C(=O)[C@@H]2[C@@H](C(=O)O)[C@@]3(C)CCC12O3. The maximum Gasteiger partial charge on any atom is 0.310 e. The van der Waals surface area contributed by atoms with E-state index in [1.54, 1.807) is 22.6 Å². The van der Waals surface area contributed by atoms with E-state index in [2.05, 4.69) is 16.9 Å². The van der Waals surface area contributed by atoms with Gasteiger partial charge in [0.1, 0.15) is 23.8 Å². The van der Waals surface area contributed by atoms with Gasteiger partial charge in [-0.2, -0.15) is 0 Å². The summed E-state index contributed by atoms with van der Waals surface area (Å²) in [6.45, 7) is 6.00. The molecule has 11 heteroatoms. The van der Waals surface area contributed by atoms with E-state index in [9.17, 15) is 24.6 Å². The Morgan fingerprint density at radius 2 is 2.08 bits per heavy atom. The molecule has 1 spiro atoms. The van der Waals surface area contributed by atoms with Gasteiger partial charge in [0.25, 0.3) is 0 Å². The van der Waals surface area contributed by atoms with E-state index < -0.39 is 35.0 Å². The summed E-state index contributed by atoms with van der Waals surface area (Å²) in [7, 11) is 0. The molecule has 3 saturated heterocycles. The Balaban J connectivity index is 1.53. The number of benzene rings is 1. The van der Waals surface area contributed by atoms with Crippen molar-refractivity contribution in [3.8, 4) is 0 Å². The van der Waals surface area contributed by atoms with Crippen LogP contribution in [-0.4, -0.2) is 89.7 Å². The van der Waals surface area contributed by atoms with Crippen LogP contribution < -0.4 is 0 Å². The zero-order valence-corrected chi connectivity index (χ0v) is 20.2. The lowest BCUT2D eigenvalue weighted by Gasteiger charge is -2.36. The minimum Gasteiger partial charge on any atom is -0.481 e. The molecule has 1 aromatic heterocycles. The number of carboxylic acid groups (broad SMARTS) is 1. The van der Waals surface area contributed by atoms with Crippen molar-refractivity contribution in [3.05, 3.63) is 36.9 Å². The zero-order valence-electron chi connectivity index (χ0n) is 20.2. The molecule has 2 N–H and O–H groups in total. The molecule has 192 valence electrons. The van der Waals surface area contributed by atoms with Crippen molar-refractivity contribution in [2.45, 2.75) is 56.5 Å². The van der Waals surface area contributed by atoms with Gasteiger partial charge >= 0.3 is 5.97 Å². The summed E-state index contributed by atoms with van der Waals surface area (Å²) in [6, 6.07) is 6.44. The number of aliphatic hydroxyl groups excluding tert-OH is 1. The number of carbonyl (C=O) groups excluding carboxylic acids is 2. The van der Waals surface area contributed by atoms with E-state index in [0.717, 1.165) is 5.52 Å². The van der Waals surface area contributed by atoms with Crippen LogP contribution in [0.25, 0.3) is 11.0 Å². The number of carbonyl (C=O) groups is 3. The fourth-order valence-electron chi connectivity index (χ4n) is 6.45. The summed E-state index contributed by atoms with van der Waals surface area (Å²) in [5, 5.41) is 27.7. The number of para-hydroxylation sites is 1. The average Bonchev–Trinajstić information content (AvgIpc) is 3.55. The largest absolute Gasteiger partial charge is 0.481 e. The number of hydrogen-bond donors (Lipinski definition) is 2. The van der Waals surface area contributed by atoms with Gasteiger partial charge in [0.05, 0.1) is 23.0 Å². The van der Waals surface area contributed by atoms with Crippen molar-refractivity contribution in [3.63, 3.8) is 0 Å². The Bertz CT molecular complexity index is 1210. The third-order valence-corrected chi connectivity index (χ3v) is 7.97. The van der Waals surface area contributed by atoms with Crippen LogP contribution in [0.1, 0.15) is 32.6 Å². The molecule has 3 fully saturated rings. The minimum absolute atomic E-state index is 0.0382. The number of likely N-dealkylation sites (tertiary alicyclic amines) is 1. The fraction of sp³-hybridized carbons (Fsp3) is 0.560. The van der Waals surface area contributed by atoms with Crippen molar-refractivity contribution < 1.29 is 29.3 Å². The maximum atomic E-state index is 14.2. The lowest BCUT2D eigenvalue weighted by Crippen LogP contribution is -2.56. The van der Waals surface area contributed by atoms with Crippen LogP contribution in [0.5, 0.6) is 0 Å². The molecule has 3 aliphatic heterocycles. The predicted octanol–water partition coefficient (Wildman–Crippen LogP) is 1.03. The van der Waals surface area contributed by atoms with E-state index in [1.165, 1.54) is 4.90 Å². The molecule has 3 aliphatic rings. The summed E-state index contributed by atoms with van der Waals surface area (Å²) in [5.74, 6) is -3.76. The molecule has 1 aromatic carbocycles. The summed E-state index contributed by atoms with van der Waals surface area (Å²) in [4.78, 5) is 43.3. The molecule has 36 heavy (non-hydrogen) atoms. The van der Waals surface area contributed by atoms with Gasteiger partial charge in [-0.1, -0.05) is 23.4 Å². The average molecular weight is 498 g/mol. The van der Waals surface area contributed by atoms with Gasteiger partial charge in [-0.25, -0.2) is 4.68 Å². The van der Waals surface area contributed by atoms with Crippen LogP contribution in [0.4, 0.5) is 0 Å². The number of ether oxygens (including phenoxy) is 1. The number of rotatable bonds is 10. The van der Waals surface area contributed by atoms with Crippen molar-refractivity contribution in [2.24, 2.45) is 11.8 Å². The normalized spacial score (nSPS) is 30.7. The molecule has 5 atom stereocenters. The molecule has 5 rings (SSSR count). The van der Waals surface area contributed by atoms with Crippen molar-refractivity contribution in [1.29, 1.82) is 0 Å². The van der Waals surface area contributed by atoms with E-state index in [1.807, 2.05) is 24.3 Å². The van der Waals surface area contributed by atoms with Crippen molar-refractivity contribution in [2.75, 3.05) is 19.7 Å². The van der Waals surface area contributed by atoms with Gasteiger partial charge in [0.15, 0.2) is 0 Å². The van der Waals surface area contributed by atoms with Crippen LogP contribution in [0.3, 0.4) is 0 Å². The zero-order chi connectivity index (χ0) is 25.7. The van der Waals surface area contributed by atoms with Gasteiger partial charge in [-0.15, -0.1) is 11.7 Å². The third-order valence-electron chi connectivity index (χ3n) is 7.97. The number of unbranched alkanes of at least 4 members (excludes halogenated alkanes) is 1. The van der Waals surface area contributed by atoms with Gasteiger partial charge in [0.2, 0.25) is 11.8 Å². The summed E-state index contributed by atoms with van der Waals surface area (Å²) in [5.41, 5.74) is -0.768. The molecular weight excluding hydrogens is 466 g/mol. The minimum atomic E-state index is -1.21. The van der Waals surface area contributed by atoms with Crippen molar-refractivity contribution >= 4 is 28.8 Å². The number of aliphatic hydroxyl groups is 1. The predicted molar refractivity (Wildman–Crippen MR) is 127 cm³/mol. The first-order valence-electron chi connectivity index (χ1n) is 12.3. The number of hydrogen-bond acceptors (Lipinski definition) is 7. The molecule has 4 heterocycles. The quantitative estimate of drug-likeness (QED) is 0.367. The summed E-state index contributed by atoms with van der Waals surface area (Å²) in [6.07, 6.45) is 3.43. The molecule has 0 saturated carbocycles. The Morgan fingerprint density at radius 3 is 2.81 bits per heavy atom. The first kappa shape index (κ1) is 24.4. The Kier molecular flexibility index (Phi) is 6.08. The number of aromatic nitrogens is 3. The Labute approximate surface area is 208 Å². The second-order valence-corrected chi connectivity index (χ2v) is 10.1. The molecule has 0 aliphatic carbocycles. The van der Waals surface area contributed by atoms with E-state index >= 15 is 0 Å². The highest BCUT2D eigenvalue weighted by molar-refractivity contribution is 5.98. The van der Waals surface area contributed by atoms with Gasteiger partial charge < -0.3 is 24.7 Å². The van der Waals surface area contributed by atoms with Crippen molar-refractivity contribution in [1.82, 2.24) is 24.8 Å². The van der Waals surface area contributed by atoms with Crippen LogP contribution in [-0.2, 0) is 25.8 Å². The van der Waals surface area contributed by atoms with E-state index in [4.69, 9.17) is 4.74 Å². The molecule has 2 amide bonds. The van der Waals surface area contributed by atoms with Crippen LogP contribution >= 0.6 is 0 Å². The lowest BCUT2D eigenvalue weighted by atomic mass is 9.66. The van der Waals surface area contributed by atoms with Crippen LogP contribution in [0.15, 0.2) is 36.9 Å². The highest BCUT2D eigenvalue weighted by atomic mass is 16.5. The summed E-state index contributed by atoms with van der Waals surface area (Å²) >= 11 is 0. The highest BCUT2D eigenvalue weighted by Gasteiger charge is 2.78. The number of amides is 2. The fourth-order valence-corrected chi connectivity index (χ4v) is 6.45. The first-order valence-corrected chi connectivity index (χ1v) is 12.3. The topological polar surface area (TPSA) is 138 Å². The number of aliphatic carboxylic acids is 1. The van der Waals surface area contributed by atoms with Crippen LogP contribution in [0, 0.1) is 11.8 Å². The van der Waals surface area contributed by atoms with Gasteiger partial charge in [-0.05, 0) is 44.7 Å². The second kappa shape index (κ2) is 8.97. The second-order valence-electron chi connectivity index (χ2n) is 10.1. The van der Waals surface area contributed by atoms with Crippen LogP contribution in [0.2, 0.25) is 0 Å². The maximum absolute atomic E-state index is 14.2. The smallest absolute Gasteiger partial charge is 0.310 e. The van der Waals surface area contributed by atoms with E-state index in [0.29, 0.717) is 31.2 Å². The molecule has 2 aromatic rings. The Hall–Kier alpha value is -3.31. The molecular formula is C25H31N5O6. The first-order chi connectivity index (χ1) is 17.3. The molecule has 2 bridgehead atoms. The summed E-state index contributed by atoms with van der Waals surface area (Å²) < 4.78 is 8.04. The van der Waals surface area contributed by atoms with Gasteiger partial charge in [0, 0.05) is 19.7 Å². The number of nitrogens with zero attached hydrogens (tertiary/aromatic N) is 5. The molecule has 11 nitrogen and oxygen atoms in total. The van der Waals surface area contributed by atoms with E-state index in [-0.39, 0.29) is 38.2 Å². The monoisotopic (exact) mass is 497 g/mol. The molecule has 2 unspecified atom stereocenters. The standard InChI is InChI=1S/C25H31N5O6/c1-3-12-28(15-30-17-9-5-4-8-16(17)26-27-30)22(33)20-25-11-10-24(2,36-25)19(23(34)35)18(25)21(32)29(20)13-6-7-14-31/h3-5,8-9,18-20,31H,1,6-7,10-15H2,2H3,(H,34,35)/t18-,19-,20?,24+,25?/m0/s1. The lowest BCUT2D eigenvalue weighted by molar-refractivity contribution is -0.156. The number of carboxylic acids is 1. The van der Waals surface area contributed by atoms with Gasteiger partial charge in [-0.3, -0.25) is 14.4 Å². The number of fused-ring (bicyclic) bond motifs is 2. The Morgan fingerprint density at radius 1 is 1.31 bits per heavy atom. The highest BCUT2D eigenvalue weighted by Crippen LogP contribution is 2.63. The molecule has 0 radical (unpaired) electrons. The third kappa shape index (κ3) is 3.52.